The second-order valence-corrected chi connectivity index (χ2v) is 8.07. The molecule has 6 heteroatoms. The summed E-state index contributed by atoms with van der Waals surface area (Å²) in [6.07, 6.45) is 5.76. The molecule has 2 amide bonds. The lowest BCUT2D eigenvalue weighted by molar-refractivity contribution is 0.231. The molecule has 4 nitrogen and oxygen atoms in total. The Kier molecular flexibility index (Phi) is 5.93. The predicted molar refractivity (Wildman–Crippen MR) is 114 cm³/mol. The topological polar surface area (TPSA) is 54.0 Å². The number of pyridine rings is 1. The van der Waals surface area contributed by atoms with Crippen LogP contribution in [0.4, 0.5) is 19.3 Å². The van der Waals surface area contributed by atoms with Crippen LogP contribution < -0.4 is 10.6 Å². The second kappa shape index (κ2) is 8.78. The number of carbonyl (C=O) groups is 1. The van der Waals surface area contributed by atoms with E-state index >= 15 is 0 Å². The lowest BCUT2D eigenvalue weighted by Gasteiger charge is -2.33. The molecule has 0 unspecified atom stereocenters. The summed E-state index contributed by atoms with van der Waals surface area (Å²) < 4.78 is 26.7. The van der Waals surface area contributed by atoms with Gasteiger partial charge in [-0.1, -0.05) is 0 Å². The summed E-state index contributed by atoms with van der Waals surface area (Å²) in [5.74, 6) is 0.171. The molecule has 1 saturated carbocycles. The van der Waals surface area contributed by atoms with Crippen molar-refractivity contribution in [3.63, 3.8) is 0 Å². The van der Waals surface area contributed by atoms with Crippen molar-refractivity contribution in [3.8, 4) is 0 Å². The van der Waals surface area contributed by atoms with Gasteiger partial charge in [0.2, 0.25) is 0 Å². The highest BCUT2D eigenvalue weighted by molar-refractivity contribution is 5.89. The monoisotopic (exact) mass is 409 g/mol. The molecule has 1 heterocycles. The number of rotatable bonds is 4. The quantitative estimate of drug-likeness (QED) is 0.555. The van der Waals surface area contributed by atoms with E-state index < -0.39 is 0 Å². The van der Waals surface area contributed by atoms with Crippen LogP contribution in [0, 0.1) is 17.6 Å². The number of nitrogens with zero attached hydrogens (tertiary/aromatic N) is 1. The molecule has 0 bridgehead atoms. The molecule has 0 spiro atoms. The van der Waals surface area contributed by atoms with Gasteiger partial charge in [-0.25, -0.2) is 13.6 Å². The van der Waals surface area contributed by atoms with Crippen molar-refractivity contribution in [3.05, 3.63) is 71.9 Å². The lowest BCUT2D eigenvalue weighted by Crippen LogP contribution is -2.41. The van der Waals surface area contributed by atoms with Crippen molar-refractivity contribution in [1.82, 2.24) is 10.3 Å². The molecule has 0 radical (unpaired) electrons. The first-order valence-corrected chi connectivity index (χ1v) is 10.4. The molecule has 0 saturated heterocycles. The van der Waals surface area contributed by atoms with E-state index in [0.29, 0.717) is 17.5 Å². The molecule has 156 valence electrons. The van der Waals surface area contributed by atoms with Gasteiger partial charge in [0, 0.05) is 23.3 Å². The molecular weight excluding hydrogens is 384 g/mol. The summed E-state index contributed by atoms with van der Waals surface area (Å²) in [5, 5.41) is 6.64. The van der Waals surface area contributed by atoms with E-state index in [1.54, 1.807) is 18.3 Å². The molecule has 0 aliphatic heterocycles. The molecule has 1 atom stereocenters. The Labute approximate surface area is 174 Å². The Hall–Kier alpha value is -3.02. The first kappa shape index (κ1) is 20.3. The van der Waals surface area contributed by atoms with Gasteiger partial charge in [-0.05, 0) is 98.5 Å². The van der Waals surface area contributed by atoms with Crippen LogP contribution in [0.1, 0.15) is 44.1 Å². The minimum atomic E-state index is -0.337. The molecule has 2 aromatic carbocycles. The minimum absolute atomic E-state index is 0.0260. The van der Waals surface area contributed by atoms with Gasteiger partial charge in [0.05, 0.1) is 5.52 Å². The van der Waals surface area contributed by atoms with Crippen LogP contribution in [-0.4, -0.2) is 17.1 Å². The Morgan fingerprint density at radius 3 is 2.43 bits per heavy atom. The highest BCUT2D eigenvalue weighted by atomic mass is 19.1. The van der Waals surface area contributed by atoms with Crippen LogP contribution in [0.15, 0.2) is 54.7 Å². The van der Waals surface area contributed by atoms with Crippen molar-refractivity contribution in [2.24, 2.45) is 5.92 Å². The number of urea groups is 1. The zero-order valence-electron chi connectivity index (χ0n) is 16.9. The van der Waals surface area contributed by atoms with Crippen LogP contribution in [0.25, 0.3) is 10.9 Å². The third-order valence-electron chi connectivity index (χ3n) is 6.12. The normalized spacial score (nSPS) is 20.0. The Morgan fingerprint density at radius 2 is 1.70 bits per heavy atom. The van der Waals surface area contributed by atoms with Crippen molar-refractivity contribution in [2.75, 3.05) is 5.32 Å². The molecular formula is C24H25F2N3O. The maximum atomic E-state index is 13.8. The summed E-state index contributed by atoms with van der Waals surface area (Å²) in [4.78, 5) is 16.6. The average molecular weight is 409 g/mol. The molecule has 2 N–H and O–H groups in total. The predicted octanol–water partition coefficient (Wildman–Crippen LogP) is 6.00. The molecule has 3 aromatic rings. The third-order valence-corrected chi connectivity index (χ3v) is 6.12. The number of anilines is 1. The number of halogens is 2. The van der Waals surface area contributed by atoms with E-state index in [-0.39, 0.29) is 23.7 Å². The number of hydrogen-bond acceptors (Lipinski definition) is 2. The zero-order chi connectivity index (χ0) is 21.1. The largest absolute Gasteiger partial charge is 0.335 e. The summed E-state index contributed by atoms with van der Waals surface area (Å²) in [5.41, 5.74) is 2.54. The van der Waals surface area contributed by atoms with E-state index in [9.17, 15) is 13.6 Å². The smallest absolute Gasteiger partial charge is 0.319 e. The van der Waals surface area contributed by atoms with Gasteiger partial charge in [-0.3, -0.25) is 4.98 Å². The molecule has 1 aliphatic rings. The zero-order valence-corrected chi connectivity index (χ0v) is 16.9. The Morgan fingerprint density at radius 1 is 1.00 bits per heavy atom. The second-order valence-electron chi connectivity index (χ2n) is 8.07. The van der Waals surface area contributed by atoms with E-state index in [4.69, 9.17) is 0 Å². The van der Waals surface area contributed by atoms with E-state index in [0.717, 1.165) is 42.1 Å². The van der Waals surface area contributed by atoms with Crippen LogP contribution in [-0.2, 0) is 0 Å². The van der Waals surface area contributed by atoms with E-state index in [1.165, 1.54) is 30.3 Å². The van der Waals surface area contributed by atoms with Crippen LogP contribution >= 0.6 is 0 Å². The summed E-state index contributed by atoms with van der Waals surface area (Å²) in [6, 6.07) is 12.2. The Balaban J connectivity index is 1.34. The SMILES string of the molecule is C[C@@H](NC(=O)Nc1ccc(F)cc1)C1CCC(c2ccnc3ccc(F)cc23)CC1. The van der Waals surface area contributed by atoms with Crippen LogP contribution in [0.2, 0.25) is 0 Å². The standard InChI is InChI=1S/C24H25F2N3O/c1-15(28-24(30)29-20-9-6-18(25)7-10-20)16-2-4-17(5-3-16)21-12-13-27-23-11-8-19(26)14-22(21)23/h6-17H,2-5H2,1H3,(H2,28,29,30)/t15-,16?,17?/m1/s1. The highest BCUT2D eigenvalue weighted by Gasteiger charge is 2.28. The van der Waals surface area contributed by atoms with Gasteiger partial charge in [0.15, 0.2) is 0 Å². The fourth-order valence-corrected chi connectivity index (χ4v) is 4.45. The number of carbonyl (C=O) groups excluding carboxylic acids is 1. The molecule has 1 aromatic heterocycles. The fraction of sp³-hybridized carbons (Fsp3) is 0.333. The summed E-state index contributed by atoms with van der Waals surface area (Å²) in [7, 11) is 0. The van der Waals surface area contributed by atoms with Gasteiger partial charge >= 0.3 is 6.03 Å². The minimum Gasteiger partial charge on any atom is -0.335 e. The lowest BCUT2D eigenvalue weighted by atomic mass is 9.75. The van der Waals surface area contributed by atoms with Crippen LogP contribution in [0.5, 0.6) is 0 Å². The first-order valence-electron chi connectivity index (χ1n) is 10.4. The third kappa shape index (κ3) is 4.58. The van der Waals surface area contributed by atoms with Crippen molar-refractivity contribution >= 4 is 22.6 Å². The Bertz CT molecular complexity index is 1030. The fourth-order valence-electron chi connectivity index (χ4n) is 4.45. The summed E-state index contributed by atoms with van der Waals surface area (Å²) in [6.45, 7) is 2.02. The maximum Gasteiger partial charge on any atom is 0.319 e. The number of hydrogen-bond donors (Lipinski definition) is 2. The number of aromatic nitrogens is 1. The summed E-state index contributed by atoms with van der Waals surface area (Å²) >= 11 is 0. The average Bonchev–Trinajstić information content (AvgIpc) is 2.75. The van der Waals surface area contributed by atoms with Crippen molar-refractivity contribution < 1.29 is 13.6 Å². The van der Waals surface area contributed by atoms with Gasteiger partial charge in [0.1, 0.15) is 11.6 Å². The molecule has 1 fully saturated rings. The van der Waals surface area contributed by atoms with Crippen molar-refractivity contribution in [2.45, 2.75) is 44.6 Å². The number of fused-ring (bicyclic) bond motifs is 1. The van der Waals surface area contributed by atoms with Gasteiger partial charge in [0.25, 0.3) is 0 Å². The van der Waals surface area contributed by atoms with E-state index in [2.05, 4.69) is 15.6 Å². The van der Waals surface area contributed by atoms with Gasteiger partial charge in [-0.2, -0.15) is 0 Å². The maximum absolute atomic E-state index is 13.8. The van der Waals surface area contributed by atoms with Gasteiger partial charge in [-0.15, -0.1) is 0 Å². The van der Waals surface area contributed by atoms with E-state index in [1.807, 2.05) is 13.0 Å². The van der Waals surface area contributed by atoms with Gasteiger partial charge < -0.3 is 10.6 Å². The first-order chi connectivity index (χ1) is 14.5. The number of amides is 2. The molecule has 1 aliphatic carbocycles. The van der Waals surface area contributed by atoms with Crippen LogP contribution in [0.3, 0.4) is 0 Å². The molecule has 30 heavy (non-hydrogen) atoms. The highest BCUT2D eigenvalue weighted by Crippen LogP contribution is 2.39. The number of nitrogens with one attached hydrogen (secondary N) is 2. The van der Waals surface area contributed by atoms with Crippen molar-refractivity contribution in [1.29, 1.82) is 0 Å². The molecule has 4 rings (SSSR count). The number of benzene rings is 2.